The Morgan fingerprint density at radius 3 is 2.21 bits per heavy atom. The summed E-state index contributed by atoms with van der Waals surface area (Å²) >= 11 is 1.03. The second-order valence-corrected chi connectivity index (χ2v) is 6.13. The molecule has 6 nitrogen and oxygen atoms in total. The van der Waals surface area contributed by atoms with Gasteiger partial charge < -0.3 is 16.8 Å². The maximum Gasteiger partial charge on any atom is 0.416 e. The maximum absolute atomic E-state index is 12.5. The number of rotatable bonds is 4. The molecule has 0 aliphatic carbocycles. The van der Waals surface area contributed by atoms with Crippen LogP contribution in [0.25, 0.3) is 0 Å². The molecule has 0 radical (unpaired) electrons. The molecule has 1 amide bonds. The molecule has 10 heteroatoms. The van der Waals surface area contributed by atoms with Gasteiger partial charge in [0.1, 0.15) is 11.6 Å². The number of carbonyl (C=O) groups excluding carboxylic acids is 1. The predicted octanol–water partition coefficient (Wildman–Crippen LogP) is 2.78. The largest absolute Gasteiger partial charge is 0.416 e. The second-order valence-electron chi connectivity index (χ2n) is 4.82. The average Bonchev–Trinajstić information content (AvgIpc) is 2.45. The van der Waals surface area contributed by atoms with E-state index in [0.717, 1.165) is 23.9 Å². The lowest BCUT2D eigenvalue weighted by molar-refractivity contribution is -0.137. The van der Waals surface area contributed by atoms with Crippen LogP contribution in [0.1, 0.15) is 12.5 Å². The van der Waals surface area contributed by atoms with E-state index >= 15 is 0 Å². The zero-order valence-corrected chi connectivity index (χ0v) is 13.3. The SMILES string of the molecule is CC(Sc1nc(N)cc(N)n1)C(=O)Nc1ccc(C(F)(F)F)cc1. The van der Waals surface area contributed by atoms with Gasteiger partial charge in [0.15, 0.2) is 5.16 Å². The molecule has 1 unspecified atom stereocenters. The van der Waals surface area contributed by atoms with Gasteiger partial charge in [0.05, 0.1) is 10.8 Å². The molecule has 0 aliphatic rings. The Labute approximate surface area is 139 Å². The van der Waals surface area contributed by atoms with Crippen LogP contribution in [0.2, 0.25) is 0 Å². The van der Waals surface area contributed by atoms with Gasteiger partial charge in [-0.3, -0.25) is 4.79 Å². The van der Waals surface area contributed by atoms with Crippen molar-refractivity contribution in [2.24, 2.45) is 0 Å². The maximum atomic E-state index is 12.5. The molecular formula is C14H14F3N5OS. The average molecular weight is 357 g/mol. The van der Waals surface area contributed by atoms with Gasteiger partial charge in [-0.2, -0.15) is 13.2 Å². The van der Waals surface area contributed by atoms with Crippen LogP contribution in [0.5, 0.6) is 0 Å². The van der Waals surface area contributed by atoms with Crippen LogP contribution < -0.4 is 16.8 Å². The summed E-state index contributed by atoms with van der Waals surface area (Å²) in [4.78, 5) is 20.0. The third kappa shape index (κ3) is 4.75. The van der Waals surface area contributed by atoms with Crippen molar-refractivity contribution in [1.82, 2.24) is 9.97 Å². The molecule has 2 rings (SSSR count). The van der Waals surface area contributed by atoms with E-state index in [9.17, 15) is 18.0 Å². The number of nitrogens with zero attached hydrogens (tertiary/aromatic N) is 2. The number of anilines is 3. The van der Waals surface area contributed by atoms with Gasteiger partial charge in [-0.15, -0.1) is 0 Å². The first kappa shape index (κ1) is 17.9. The Bertz CT molecular complexity index is 716. The highest BCUT2D eigenvalue weighted by molar-refractivity contribution is 8.00. The molecule has 1 heterocycles. The lowest BCUT2D eigenvalue weighted by Crippen LogP contribution is -2.22. The van der Waals surface area contributed by atoms with E-state index < -0.39 is 22.9 Å². The fourth-order valence-corrected chi connectivity index (χ4v) is 2.51. The lowest BCUT2D eigenvalue weighted by Gasteiger charge is -2.12. The van der Waals surface area contributed by atoms with Crippen molar-refractivity contribution in [2.45, 2.75) is 23.5 Å². The minimum Gasteiger partial charge on any atom is -0.383 e. The molecule has 0 saturated heterocycles. The quantitative estimate of drug-likeness (QED) is 0.574. The Balaban J connectivity index is 2.01. The van der Waals surface area contributed by atoms with Crippen molar-refractivity contribution >= 4 is 35.0 Å². The van der Waals surface area contributed by atoms with Gasteiger partial charge >= 0.3 is 6.18 Å². The number of aromatic nitrogens is 2. The van der Waals surface area contributed by atoms with Gasteiger partial charge in [0.25, 0.3) is 0 Å². The normalized spacial score (nSPS) is 12.7. The van der Waals surface area contributed by atoms with Crippen molar-refractivity contribution in [1.29, 1.82) is 0 Å². The van der Waals surface area contributed by atoms with Crippen molar-refractivity contribution in [3.63, 3.8) is 0 Å². The van der Waals surface area contributed by atoms with Gasteiger partial charge in [-0.1, -0.05) is 11.8 Å². The Morgan fingerprint density at radius 2 is 1.71 bits per heavy atom. The van der Waals surface area contributed by atoms with Crippen LogP contribution >= 0.6 is 11.8 Å². The fraction of sp³-hybridized carbons (Fsp3) is 0.214. The number of alkyl halides is 3. The molecule has 0 fully saturated rings. The standard InChI is InChI=1S/C14H14F3N5OS/c1-7(24-13-21-10(18)6-11(19)22-13)12(23)20-9-4-2-8(3-5-9)14(15,16)17/h2-7H,1H3,(H,20,23)(H4,18,19,21,22). The summed E-state index contributed by atoms with van der Waals surface area (Å²) in [5.74, 6) is -0.0509. The van der Waals surface area contributed by atoms with E-state index in [1.807, 2.05) is 0 Å². The first-order chi connectivity index (χ1) is 11.1. The van der Waals surface area contributed by atoms with E-state index in [0.29, 0.717) is 0 Å². The zero-order valence-electron chi connectivity index (χ0n) is 12.5. The van der Waals surface area contributed by atoms with Gasteiger partial charge in [0.2, 0.25) is 5.91 Å². The van der Waals surface area contributed by atoms with Crippen molar-refractivity contribution in [3.8, 4) is 0 Å². The summed E-state index contributed by atoms with van der Waals surface area (Å²) in [5.41, 5.74) is 10.6. The Kier molecular flexibility index (Phi) is 5.17. The van der Waals surface area contributed by atoms with Gasteiger partial charge in [0, 0.05) is 11.8 Å². The molecule has 0 saturated carbocycles. The minimum absolute atomic E-state index is 0.181. The Morgan fingerprint density at radius 1 is 1.17 bits per heavy atom. The number of nitrogens with one attached hydrogen (secondary N) is 1. The highest BCUT2D eigenvalue weighted by atomic mass is 32.2. The molecule has 2 aromatic rings. The van der Waals surface area contributed by atoms with Crippen LogP contribution in [-0.2, 0) is 11.0 Å². The molecule has 1 aromatic carbocycles. The number of benzene rings is 1. The Hall–Kier alpha value is -2.49. The molecule has 24 heavy (non-hydrogen) atoms. The van der Waals surface area contributed by atoms with E-state index in [2.05, 4.69) is 15.3 Å². The van der Waals surface area contributed by atoms with Gasteiger partial charge in [-0.25, -0.2) is 9.97 Å². The van der Waals surface area contributed by atoms with Crippen molar-refractivity contribution < 1.29 is 18.0 Å². The highest BCUT2D eigenvalue weighted by Gasteiger charge is 2.30. The fourth-order valence-electron chi connectivity index (χ4n) is 1.71. The van der Waals surface area contributed by atoms with Crippen LogP contribution in [-0.4, -0.2) is 21.1 Å². The van der Waals surface area contributed by atoms with Crippen molar-refractivity contribution in [2.75, 3.05) is 16.8 Å². The van der Waals surface area contributed by atoms with Gasteiger partial charge in [-0.05, 0) is 31.2 Å². The van der Waals surface area contributed by atoms with Crippen LogP contribution in [0.15, 0.2) is 35.5 Å². The molecule has 0 bridgehead atoms. The van der Waals surface area contributed by atoms with Crippen LogP contribution in [0.3, 0.4) is 0 Å². The molecule has 0 spiro atoms. The lowest BCUT2D eigenvalue weighted by atomic mass is 10.2. The monoisotopic (exact) mass is 357 g/mol. The van der Waals surface area contributed by atoms with Crippen molar-refractivity contribution in [3.05, 3.63) is 35.9 Å². The first-order valence-electron chi connectivity index (χ1n) is 6.70. The van der Waals surface area contributed by atoms with E-state index in [1.165, 1.54) is 18.2 Å². The summed E-state index contributed by atoms with van der Waals surface area (Å²) in [5, 5.41) is 2.16. The molecule has 0 aliphatic heterocycles. The number of amides is 1. The number of halogens is 3. The summed E-state index contributed by atoms with van der Waals surface area (Å²) in [6, 6.07) is 5.56. The zero-order chi connectivity index (χ0) is 17.9. The first-order valence-corrected chi connectivity index (χ1v) is 7.58. The molecule has 1 aromatic heterocycles. The molecule has 1 atom stereocenters. The summed E-state index contributed by atoms with van der Waals surface area (Å²) < 4.78 is 37.5. The summed E-state index contributed by atoms with van der Waals surface area (Å²) in [6.45, 7) is 1.60. The number of nitrogens with two attached hydrogens (primary N) is 2. The highest BCUT2D eigenvalue weighted by Crippen LogP contribution is 2.30. The topological polar surface area (TPSA) is 107 Å². The smallest absolute Gasteiger partial charge is 0.383 e. The van der Waals surface area contributed by atoms with E-state index in [1.54, 1.807) is 6.92 Å². The number of hydrogen-bond donors (Lipinski definition) is 3. The third-order valence-corrected chi connectivity index (χ3v) is 3.84. The number of thioether (sulfide) groups is 1. The second kappa shape index (κ2) is 6.95. The minimum atomic E-state index is -4.42. The molecule has 5 N–H and O–H groups in total. The summed E-state index contributed by atoms with van der Waals surface area (Å²) in [6.07, 6.45) is -4.42. The number of carbonyl (C=O) groups is 1. The van der Waals surface area contributed by atoms with E-state index in [4.69, 9.17) is 11.5 Å². The summed E-state index contributed by atoms with van der Waals surface area (Å²) in [7, 11) is 0. The predicted molar refractivity (Wildman–Crippen MR) is 86.2 cm³/mol. The van der Waals surface area contributed by atoms with Crippen LogP contribution in [0, 0.1) is 0 Å². The van der Waals surface area contributed by atoms with E-state index in [-0.39, 0.29) is 22.5 Å². The third-order valence-electron chi connectivity index (χ3n) is 2.88. The number of nitrogen functional groups attached to an aromatic ring is 2. The number of hydrogen-bond acceptors (Lipinski definition) is 6. The molecule has 128 valence electrons. The van der Waals surface area contributed by atoms with Crippen LogP contribution in [0.4, 0.5) is 30.5 Å². The molecular weight excluding hydrogens is 343 g/mol.